The molecule has 0 saturated heterocycles. The molecule has 1 aliphatic carbocycles. The molecule has 5 heteroatoms. The van der Waals surface area contributed by atoms with E-state index in [0.717, 1.165) is 25.3 Å². The van der Waals surface area contributed by atoms with Crippen molar-refractivity contribution in [2.75, 3.05) is 6.61 Å². The number of carbonyl (C=O) groups is 1. The van der Waals surface area contributed by atoms with Gasteiger partial charge in [0.2, 0.25) is 0 Å². The fourth-order valence-corrected chi connectivity index (χ4v) is 3.33. The lowest BCUT2D eigenvalue weighted by Crippen LogP contribution is -2.21. The van der Waals surface area contributed by atoms with Crippen LogP contribution in [0.5, 0.6) is 0 Å². The first kappa shape index (κ1) is 16.8. The van der Waals surface area contributed by atoms with Crippen LogP contribution >= 0.6 is 0 Å². The Morgan fingerprint density at radius 3 is 2.68 bits per heavy atom. The van der Waals surface area contributed by atoms with Crippen LogP contribution in [0.1, 0.15) is 56.1 Å². The van der Waals surface area contributed by atoms with Gasteiger partial charge in [-0.3, -0.25) is 4.79 Å². The minimum Gasteiger partial charge on any atom is -0.466 e. The third-order valence-electron chi connectivity index (χ3n) is 4.25. The Kier molecular flexibility index (Phi) is 5.48. The zero-order valence-electron chi connectivity index (χ0n) is 12.7. The van der Waals surface area contributed by atoms with E-state index in [2.05, 4.69) is 0 Å². The molecule has 0 bridgehead atoms. The van der Waals surface area contributed by atoms with Gasteiger partial charge in [0.15, 0.2) is 0 Å². The summed E-state index contributed by atoms with van der Waals surface area (Å²) in [5, 5.41) is 0. The average Bonchev–Trinajstić information content (AvgIpc) is 2.47. The van der Waals surface area contributed by atoms with Crippen LogP contribution in [0.2, 0.25) is 0 Å². The molecular formula is C17H21F3O2. The first-order valence-electron chi connectivity index (χ1n) is 7.73. The van der Waals surface area contributed by atoms with E-state index < -0.39 is 11.7 Å². The molecule has 0 heterocycles. The second-order valence-corrected chi connectivity index (χ2v) is 5.82. The summed E-state index contributed by atoms with van der Waals surface area (Å²) in [6.07, 6.45) is -0.939. The SMILES string of the molecule is CCOC(=O)CC1CCCC(c2ccccc2C(F)(F)F)C1. The molecule has 0 radical (unpaired) electrons. The number of ether oxygens (including phenoxy) is 1. The minimum absolute atomic E-state index is 0.110. The lowest BCUT2D eigenvalue weighted by atomic mass is 9.75. The Morgan fingerprint density at radius 2 is 2.00 bits per heavy atom. The van der Waals surface area contributed by atoms with E-state index >= 15 is 0 Å². The van der Waals surface area contributed by atoms with Gasteiger partial charge in [0.25, 0.3) is 0 Å². The van der Waals surface area contributed by atoms with Gasteiger partial charge in [-0.05, 0) is 49.7 Å². The summed E-state index contributed by atoms with van der Waals surface area (Å²) < 4.78 is 44.4. The summed E-state index contributed by atoms with van der Waals surface area (Å²) >= 11 is 0. The highest BCUT2D eigenvalue weighted by Gasteiger charge is 2.36. The van der Waals surface area contributed by atoms with Crippen molar-refractivity contribution in [2.45, 2.75) is 51.1 Å². The van der Waals surface area contributed by atoms with Crippen LogP contribution in [0.15, 0.2) is 24.3 Å². The predicted octanol–water partition coefficient (Wildman–Crippen LogP) is 4.93. The number of halogens is 3. The summed E-state index contributed by atoms with van der Waals surface area (Å²) in [6.45, 7) is 2.09. The van der Waals surface area contributed by atoms with E-state index in [0.29, 0.717) is 25.0 Å². The Balaban J connectivity index is 2.11. The van der Waals surface area contributed by atoms with Gasteiger partial charge in [-0.2, -0.15) is 13.2 Å². The molecule has 1 aromatic rings. The van der Waals surface area contributed by atoms with Gasteiger partial charge in [-0.25, -0.2) is 0 Å². The van der Waals surface area contributed by atoms with Crippen molar-refractivity contribution in [1.82, 2.24) is 0 Å². The van der Waals surface area contributed by atoms with Crippen molar-refractivity contribution in [3.8, 4) is 0 Å². The van der Waals surface area contributed by atoms with E-state index in [9.17, 15) is 18.0 Å². The summed E-state index contributed by atoms with van der Waals surface area (Å²) in [7, 11) is 0. The molecule has 22 heavy (non-hydrogen) atoms. The monoisotopic (exact) mass is 314 g/mol. The van der Waals surface area contributed by atoms with Crippen molar-refractivity contribution in [1.29, 1.82) is 0 Å². The number of alkyl halides is 3. The maximum absolute atomic E-state index is 13.1. The van der Waals surface area contributed by atoms with Crippen LogP contribution in [-0.4, -0.2) is 12.6 Å². The highest BCUT2D eigenvalue weighted by Crippen LogP contribution is 2.42. The molecule has 2 atom stereocenters. The highest BCUT2D eigenvalue weighted by atomic mass is 19.4. The fraction of sp³-hybridized carbons (Fsp3) is 0.588. The molecule has 1 saturated carbocycles. The summed E-state index contributed by atoms with van der Waals surface area (Å²) in [5.74, 6) is -0.276. The quantitative estimate of drug-likeness (QED) is 0.736. The first-order chi connectivity index (χ1) is 10.4. The Labute approximate surface area is 128 Å². The fourth-order valence-electron chi connectivity index (χ4n) is 3.33. The van der Waals surface area contributed by atoms with E-state index in [1.807, 2.05) is 0 Å². The zero-order valence-corrected chi connectivity index (χ0v) is 12.7. The third-order valence-corrected chi connectivity index (χ3v) is 4.25. The molecule has 1 aliphatic rings. The first-order valence-corrected chi connectivity index (χ1v) is 7.73. The van der Waals surface area contributed by atoms with E-state index in [-0.39, 0.29) is 17.8 Å². The normalized spacial score (nSPS) is 22.4. The molecule has 1 fully saturated rings. The van der Waals surface area contributed by atoms with Gasteiger partial charge in [0.05, 0.1) is 12.2 Å². The maximum Gasteiger partial charge on any atom is 0.416 e. The van der Waals surface area contributed by atoms with Gasteiger partial charge >= 0.3 is 12.1 Å². The number of rotatable bonds is 4. The predicted molar refractivity (Wildman–Crippen MR) is 77.4 cm³/mol. The van der Waals surface area contributed by atoms with Crippen LogP contribution in [0.25, 0.3) is 0 Å². The average molecular weight is 314 g/mol. The number of hydrogen-bond donors (Lipinski definition) is 0. The molecule has 0 aliphatic heterocycles. The molecular weight excluding hydrogens is 293 g/mol. The van der Waals surface area contributed by atoms with Gasteiger partial charge in [0, 0.05) is 6.42 Å². The van der Waals surface area contributed by atoms with Crippen LogP contribution in [0.3, 0.4) is 0 Å². The lowest BCUT2D eigenvalue weighted by molar-refractivity contribution is -0.144. The van der Waals surface area contributed by atoms with Crippen molar-refractivity contribution < 1.29 is 22.7 Å². The van der Waals surface area contributed by atoms with Gasteiger partial charge in [-0.1, -0.05) is 24.6 Å². The van der Waals surface area contributed by atoms with Crippen molar-refractivity contribution >= 4 is 5.97 Å². The molecule has 2 rings (SSSR count). The minimum atomic E-state index is -4.33. The second-order valence-electron chi connectivity index (χ2n) is 5.82. The van der Waals surface area contributed by atoms with Gasteiger partial charge in [0.1, 0.15) is 0 Å². The molecule has 1 aromatic carbocycles. The van der Waals surface area contributed by atoms with Crippen LogP contribution in [0, 0.1) is 5.92 Å². The van der Waals surface area contributed by atoms with Crippen molar-refractivity contribution in [3.05, 3.63) is 35.4 Å². The number of carbonyl (C=O) groups excluding carboxylic acids is 1. The van der Waals surface area contributed by atoms with E-state index in [4.69, 9.17) is 4.74 Å². The number of esters is 1. The van der Waals surface area contributed by atoms with Crippen LogP contribution in [-0.2, 0) is 15.7 Å². The summed E-state index contributed by atoms with van der Waals surface area (Å²) in [5.41, 5.74) is -0.180. The van der Waals surface area contributed by atoms with E-state index in [1.165, 1.54) is 6.07 Å². The van der Waals surface area contributed by atoms with Gasteiger partial charge < -0.3 is 4.74 Å². The smallest absolute Gasteiger partial charge is 0.416 e. The molecule has 2 unspecified atom stereocenters. The highest BCUT2D eigenvalue weighted by molar-refractivity contribution is 5.69. The molecule has 0 aromatic heterocycles. The Hall–Kier alpha value is -1.52. The molecule has 122 valence electrons. The number of benzene rings is 1. The van der Waals surface area contributed by atoms with Crippen molar-refractivity contribution in [3.63, 3.8) is 0 Å². The summed E-state index contributed by atoms with van der Waals surface area (Å²) in [4.78, 5) is 11.6. The molecule has 0 spiro atoms. The van der Waals surface area contributed by atoms with Crippen molar-refractivity contribution in [2.24, 2.45) is 5.92 Å². The maximum atomic E-state index is 13.1. The Bertz CT molecular complexity index is 511. The second kappa shape index (κ2) is 7.16. The lowest BCUT2D eigenvalue weighted by Gasteiger charge is -2.30. The summed E-state index contributed by atoms with van der Waals surface area (Å²) in [6, 6.07) is 5.79. The standard InChI is InChI=1S/C17H21F3O2/c1-2-22-16(21)11-12-6-5-7-13(10-12)14-8-3-4-9-15(14)17(18,19)20/h3-4,8-9,12-13H,2,5-7,10-11H2,1H3. The molecule has 2 nitrogen and oxygen atoms in total. The molecule has 0 N–H and O–H groups in total. The van der Waals surface area contributed by atoms with Crippen LogP contribution in [0.4, 0.5) is 13.2 Å². The Morgan fingerprint density at radius 1 is 1.27 bits per heavy atom. The third kappa shape index (κ3) is 4.24. The largest absolute Gasteiger partial charge is 0.466 e. The van der Waals surface area contributed by atoms with E-state index in [1.54, 1.807) is 19.1 Å². The zero-order chi connectivity index (χ0) is 16.2. The molecule has 0 amide bonds. The van der Waals surface area contributed by atoms with Crippen LogP contribution < -0.4 is 0 Å². The number of hydrogen-bond acceptors (Lipinski definition) is 2. The van der Waals surface area contributed by atoms with Gasteiger partial charge in [-0.15, -0.1) is 0 Å². The topological polar surface area (TPSA) is 26.3 Å².